The van der Waals surface area contributed by atoms with Crippen LogP contribution in [-0.2, 0) is 9.53 Å². The van der Waals surface area contributed by atoms with Crippen molar-refractivity contribution >= 4 is 35.0 Å². The zero-order valence-corrected chi connectivity index (χ0v) is 21.2. The molecule has 4 aromatic rings. The number of esters is 1. The van der Waals surface area contributed by atoms with Crippen molar-refractivity contribution in [1.29, 1.82) is 0 Å². The second-order valence-electron chi connectivity index (χ2n) is 8.86. The smallest absolute Gasteiger partial charge is 0.317 e. The molecule has 182 valence electrons. The summed E-state index contributed by atoms with van der Waals surface area (Å²) in [7, 11) is 1.33. The maximum atomic E-state index is 13.8. The van der Waals surface area contributed by atoms with E-state index in [-0.39, 0.29) is 5.56 Å². The van der Waals surface area contributed by atoms with Crippen molar-refractivity contribution in [3.05, 3.63) is 96.3 Å². The molecule has 0 unspecified atom stereocenters. The molecule has 2 aliphatic heterocycles. The van der Waals surface area contributed by atoms with Crippen LogP contribution < -0.4 is 19.6 Å². The highest BCUT2D eigenvalue weighted by Gasteiger charge is 2.55. The molecule has 6 rings (SSSR count). The summed E-state index contributed by atoms with van der Waals surface area (Å²) in [4.78, 5) is 32.0. The number of hydrogen-bond acceptors (Lipinski definition) is 7. The van der Waals surface area contributed by atoms with Crippen LogP contribution in [0, 0.1) is 12.8 Å². The number of aryl methyl sites for hydroxylation is 1. The molecule has 0 fully saturated rings. The minimum Gasteiger partial charge on any atom is -0.469 e. The first kappa shape index (κ1) is 22.8. The fourth-order valence-corrected chi connectivity index (χ4v) is 6.39. The highest BCUT2D eigenvalue weighted by atomic mass is 35.5. The van der Waals surface area contributed by atoms with Gasteiger partial charge in [-0.1, -0.05) is 59.3 Å². The number of halogens is 1. The number of methoxy groups -OCH3 is 1. The molecular formula is C26H21ClN4O4S. The summed E-state index contributed by atoms with van der Waals surface area (Å²) >= 11 is 7.95. The standard InChI is InChI=1S/C26H21ClN4O4S/c1-14-17(22(27)31(29-14)15-9-5-4-6-10-15)13-19-23(32)30-21-16-11-7-8-12-18(16)35-26(2,28-25(30)36-19)20(21)24(33)34-3/h4-13,20-21H,1-3H3/b19-13-/t20-,21+,26-/m1/s1. The van der Waals surface area contributed by atoms with Crippen molar-refractivity contribution in [3.8, 4) is 11.4 Å². The van der Waals surface area contributed by atoms with Crippen molar-refractivity contribution in [2.45, 2.75) is 25.6 Å². The van der Waals surface area contributed by atoms with E-state index in [1.165, 1.54) is 18.4 Å². The van der Waals surface area contributed by atoms with Gasteiger partial charge in [-0.25, -0.2) is 9.67 Å². The number of rotatable bonds is 3. The number of para-hydroxylation sites is 2. The van der Waals surface area contributed by atoms with Crippen molar-refractivity contribution in [1.82, 2.24) is 14.3 Å². The Morgan fingerprint density at radius 2 is 1.92 bits per heavy atom. The average molecular weight is 521 g/mol. The number of carbonyl (C=O) groups is 1. The monoisotopic (exact) mass is 520 g/mol. The Balaban J connectivity index is 1.58. The number of fused-ring (bicyclic) bond motifs is 6. The van der Waals surface area contributed by atoms with Crippen LogP contribution in [0.3, 0.4) is 0 Å². The Bertz CT molecular complexity index is 1710. The molecule has 2 bridgehead atoms. The quantitative estimate of drug-likeness (QED) is 0.388. The summed E-state index contributed by atoms with van der Waals surface area (Å²) in [5.74, 6) is -0.722. The number of hydrogen-bond donors (Lipinski definition) is 0. The molecule has 10 heteroatoms. The van der Waals surface area contributed by atoms with Gasteiger partial charge in [0.05, 0.1) is 29.1 Å². The van der Waals surface area contributed by atoms with E-state index in [2.05, 4.69) is 5.10 Å². The Hall–Kier alpha value is -3.69. The van der Waals surface area contributed by atoms with Crippen molar-refractivity contribution in [3.63, 3.8) is 0 Å². The largest absolute Gasteiger partial charge is 0.469 e. The van der Waals surface area contributed by atoms with E-state index in [4.69, 9.17) is 26.1 Å². The van der Waals surface area contributed by atoms with Gasteiger partial charge in [0, 0.05) is 11.1 Å². The summed E-state index contributed by atoms with van der Waals surface area (Å²) in [5.41, 5.74) is 1.40. The molecular weight excluding hydrogens is 500 g/mol. The van der Waals surface area contributed by atoms with Gasteiger partial charge in [-0.05, 0) is 38.1 Å². The lowest BCUT2D eigenvalue weighted by Crippen LogP contribution is -2.58. The third-order valence-corrected chi connectivity index (χ3v) is 8.01. The van der Waals surface area contributed by atoms with E-state index in [9.17, 15) is 9.59 Å². The van der Waals surface area contributed by atoms with E-state index in [1.807, 2.05) is 61.5 Å². The molecule has 36 heavy (non-hydrogen) atoms. The molecule has 0 saturated heterocycles. The third kappa shape index (κ3) is 3.26. The lowest BCUT2D eigenvalue weighted by Gasteiger charge is -2.44. The van der Waals surface area contributed by atoms with E-state index >= 15 is 0 Å². The van der Waals surface area contributed by atoms with Gasteiger partial charge in [0.25, 0.3) is 5.56 Å². The second-order valence-corrected chi connectivity index (χ2v) is 10.2. The molecule has 0 saturated carbocycles. The minimum atomic E-state index is -1.22. The highest BCUT2D eigenvalue weighted by molar-refractivity contribution is 7.07. The Morgan fingerprint density at radius 3 is 2.67 bits per heavy atom. The highest BCUT2D eigenvalue weighted by Crippen LogP contribution is 2.47. The van der Waals surface area contributed by atoms with E-state index in [0.29, 0.717) is 31.5 Å². The topological polar surface area (TPSA) is 87.7 Å². The molecule has 8 nitrogen and oxygen atoms in total. The van der Waals surface area contributed by atoms with Gasteiger partial charge in [-0.15, -0.1) is 0 Å². The van der Waals surface area contributed by atoms with Crippen LogP contribution in [0.15, 0.2) is 64.4 Å². The predicted octanol–water partition coefficient (Wildman–Crippen LogP) is 3.01. The van der Waals surface area contributed by atoms with Crippen LogP contribution in [0.25, 0.3) is 11.8 Å². The van der Waals surface area contributed by atoms with Gasteiger partial charge in [-0.3, -0.25) is 14.2 Å². The van der Waals surface area contributed by atoms with Crippen molar-refractivity contribution in [2.75, 3.05) is 7.11 Å². The van der Waals surface area contributed by atoms with Gasteiger partial charge in [-0.2, -0.15) is 5.10 Å². The predicted molar refractivity (Wildman–Crippen MR) is 135 cm³/mol. The average Bonchev–Trinajstić information content (AvgIpc) is 3.33. The molecule has 3 atom stereocenters. The van der Waals surface area contributed by atoms with Crippen molar-refractivity contribution < 1.29 is 14.3 Å². The third-order valence-electron chi connectivity index (χ3n) is 6.66. The van der Waals surface area contributed by atoms with Gasteiger partial charge >= 0.3 is 5.97 Å². The van der Waals surface area contributed by atoms with Gasteiger partial charge in [0.2, 0.25) is 5.72 Å². The normalized spacial score (nSPS) is 22.3. The first-order valence-electron chi connectivity index (χ1n) is 11.3. The maximum absolute atomic E-state index is 13.8. The number of benzene rings is 2. The summed E-state index contributed by atoms with van der Waals surface area (Å²) in [6.45, 7) is 3.59. The number of nitrogens with zero attached hydrogens (tertiary/aromatic N) is 4. The van der Waals surface area contributed by atoms with Gasteiger partial charge < -0.3 is 9.47 Å². The van der Waals surface area contributed by atoms with E-state index in [0.717, 1.165) is 11.3 Å². The lowest BCUT2D eigenvalue weighted by atomic mass is 9.81. The number of ether oxygens (including phenoxy) is 2. The van der Waals surface area contributed by atoms with Crippen LogP contribution in [0.4, 0.5) is 0 Å². The molecule has 0 aliphatic carbocycles. The fraction of sp³-hybridized carbons (Fsp3) is 0.231. The summed E-state index contributed by atoms with van der Waals surface area (Å²) in [6.07, 6.45) is 1.74. The van der Waals surface area contributed by atoms with Gasteiger partial charge in [0.1, 0.15) is 16.8 Å². The molecule has 2 aromatic carbocycles. The van der Waals surface area contributed by atoms with Crippen LogP contribution in [0.2, 0.25) is 5.15 Å². The molecule has 0 amide bonds. The molecule has 0 radical (unpaired) electrons. The summed E-state index contributed by atoms with van der Waals surface area (Å²) in [6, 6.07) is 16.3. The van der Waals surface area contributed by atoms with Gasteiger partial charge in [0.15, 0.2) is 4.80 Å². The zero-order valence-electron chi connectivity index (χ0n) is 19.6. The van der Waals surface area contributed by atoms with Crippen LogP contribution >= 0.6 is 22.9 Å². The minimum absolute atomic E-state index is 0.265. The summed E-state index contributed by atoms with van der Waals surface area (Å²) in [5, 5.41) is 4.97. The number of aromatic nitrogens is 3. The van der Waals surface area contributed by atoms with E-state index < -0.39 is 23.7 Å². The van der Waals surface area contributed by atoms with E-state index in [1.54, 1.807) is 22.2 Å². The Labute approximate surface area is 214 Å². The second kappa shape index (κ2) is 8.18. The number of thiazole rings is 1. The SMILES string of the molecule is COC(=O)[C@H]1[C@@H]2c3ccccc3O[C@@]1(C)N=c1s/c(=C\c3c(C)nn(-c4ccccc4)c3Cl)c(=O)n12. The lowest BCUT2D eigenvalue weighted by molar-refractivity contribution is -0.158. The Kier molecular flexibility index (Phi) is 5.17. The summed E-state index contributed by atoms with van der Waals surface area (Å²) < 4.78 is 15.0. The molecule has 0 N–H and O–H groups in total. The molecule has 2 aromatic heterocycles. The maximum Gasteiger partial charge on any atom is 0.317 e. The Morgan fingerprint density at radius 1 is 1.19 bits per heavy atom. The van der Waals surface area contributed by atoms with Crippen LogP contribution in [-0.4, -0.2) is 33.2 Å². The fourth-order valence-electron chi connectivity index (χ4n) is 4.98. The molecule has 4 heterocycles. The first-order chi connectivity index (χ1) is 17.3. The van der Waals surface area contributed by atoms with Crippen LogP contribution in [0.1, 0.15) is 29.8 Å². The number of carbonyl (C=O) groups excluding carboxylic acids is 1. The molecule has 2 aliphatic rings. The first-order valence-corrected chi connectivity index (χ1v) is 12.5. The van der Waals surface area contributed by atoms with Crippen molar-refractivity contribution in [2.24, 2.45) is 10.9 Å². The van der Waals surface area contributed by atoms with Crippen LogP contribution in [0.5, 0.6) is 5.75 Å². The molecule has 0 spiro atoms. The zero-order chi connectivity index (χ0) is 25.2.